The molecule has 2 aromatic rings. The Hall–Kier alpha value is -2.56. The van der Waals surface area contributed by atoms with Crippen molar-refractivity contribution < 1.29 is 14.3 Å². The van der Waals surface area contributed by atoms with E-state index in [1.807, 2.05) is 37.3 Å². The normalized spacial score (nSPS) is 10.2. The Morgan fingerprint density at radius 3 is 2.61 bits per heavy atom. The number of rotatable bonds is 8. The minimum Gasteiger partial charge on any atom is -0.497 e. The maximum absolute atomic E-state index is 12.3. The maximum atomic E-state index is 12.3. The number of pyridine rings is 1. The van der Waals surface area contributed by atoms with E-state index in [0.717, 1.165) is 6.42 Å². The fraction of sp³-hybridized carbons (Fsp3) is 0.333. The third-order valence-corrected chi connectivity index (χ3v) is 3.56. The fourth-order valence-electron chi connectivity index (χ4n) is 2.20. The number of methoxy groups -OCH3 is 1. The van der Waals surface area contributed by atoms with Gasteiger partial charge in [-0.15, -0.1) is 0 Å². The Balaban J connectivity index is 1.84. The van der Waals surface area contributed by atoms with E-state index >= 15 is 0 Å². The van der Waals surface area contributed by atoms with E-state index < -0.39 is 0 Å². The monoisotopic (exact) mass is 314 g/mol. The zero-order valence-corrected chi connectivity index (χ0v) is 13.6. The lowest BCUT2D eigenvalue weighted by Crippen LogP contribution is -2.36. The van der Waals surface area contributed by atoms with Crippen LogP contribution >= 0.6 is 0 Å². The van der Waals surface area contributed by atoms with Crippen LogP contribution in [0.4, 0.5) is 0 Å². The number of hydrogen-bond acceptors (Lipinski definition) is 4. The molecule has 0 radical (unpaired) electrons. The summed E-state index contributed by atoms with van der Waals surface area (Å²) in [5.41, 5.74) is 1.17. The molecule has 0 spiro atoms. The molecular formula is C18H22N2O3. The van der Waals surface area contributed by atoms with Gasteiger partial charge < -0.3 is 14.4 Å². The van der Waals surface area contributed by atoms with Gasteiger partial charge in [-0.05, 0) is 43.2 Å². The molecule has 0 atom stereocenters. The molecule has 0 aliphatic carbocycles. The summed E-state index contributed by atoms with van der Waals surface area (Å²) in [6, 6.07) is 11.2. The van der Waals surface area contributed by atoms with Gasteiger partial charge in [0.05, 0.1) is 7.11 Å². The van der Waals surface area contributed by atoms with Crippen molar-refractivity contribution in [3.05, 3.63) is 54.4 Å². The summed E-state index contributed by atoms with van der Waals surface area (Å²) in [5.74, 6) is 1.31. The van der Waals surface area contributed by atoms with Gasteiger partial charge in [0.1, 0.15) is 11.5 Å². The van der Waals surface area contributed by atoms with Gasteiger partial charge in [-0.1, -0.05) is 6.07 Å². The van der Waals surface area contributed by atoms with Crippen molar-refractivity contribution in [3.8, 4) is 11.5 Å². The summed E-state index contributed by atoms with van der Waals surface area (Å²) >= 11 is 0. The zero-order valence-electron chi connectivity index (χ0n) is 13.6. The smallest absolute Gasteiger partial charge is 0.260 e. The molecule has 0 saturated carbocycles. The van der Waals surface area contributed by atoms with Gasteiger partial charge in [-0.25, -0.2) is 0 Å². The molecule has 23 heavy (non-hydrogen) atoms. The number of nitrogens with zero attached hydrogens (tertiary/aromatic N) is 2. The van der Waals surface area contributed by atoms with Crippen LogP contribution in [0.5, 0.6) is 11.5 Å². The van der Waals surface area contributed by atoms with Gasteiger partial charge >= 0.3 is 0 Å². The standard InChI is InChI=1S/C18H22N2O3/c1-3-20(12-9-15-7-10-19-11-8-15)18(21)14-23-17-6-4-5-16(13-17)22-2/h4-8,10-11,13H,3,9,12,14H2,1-2H3. The Bertz CT molecular complexity index is 617. The number of ether oxygens (including phenoxy) is 2. The zero-order chi connectivity index (χ0) is 16.5. The number of aromatic nitrogens is 1. The summed E-state index contributed by atoms with van der Waals surface area (Å²) in [6.07, 6.45) is 4.33. The van der Waals surface area contributed by atoms with Crippen LogP contribution in [-0.4, -0.2) is 42.6 Å². The first-order valence-electron chi connectivity index (χ1n) is 7.66. The van der Waals surface area contributed by atoms with Crippen molar-refractivity contribution in [2.75, 3.05) is 26.8 Å². The van der Waals surface area contributed by atoms with Crippen LogP contribution in [0.2, 0.25) is 0 Å². The number of carbonyl (C=O) groups excluding carboxylic acids is 1. The molecule has 0 fully saturated rings. The first-order chi connectivity index (χ1) is 11.2. The molecule has 0 aliphatic rings. The molecule has 5 nitrogen and oxygen atoms in total. The predicted molar refractivity (Wildman–Crippen MR) is 88.7 cm³/mol. The highest BCUT2D eigenvalue weighted by Gasteiger charge is 2.12. The maximum Gasteiger partial charge on any atom is 0.260 e. The molecule has 2 rings (SSSR count). The topological polar surface area (TPSA) is 51.7 Å². The number of likely N-dealkylation sites (N-methyl/N-ethyl adjacent to an activating group) is 1. The highest BCUT2D eigenvalue weighted by atomic mass is 16.5. The molecule has 122 valence electrons. The number of hydrogen-bond donors (Lipinski definition) is 0. The van der Waals surface area contributed by atoms with Crippen molar-refractivity contribution in [1.29, 1.82) is 0 Å². The van der Waals surface area contributed by atoms with E-state index in [1.165, 1.54) is 5.56 Å². The highest BCUT2D eigenvalue weighted by Crippen LogP contribution is 2.18. The largest absolute Gasteiger partial charge is 0.497 e. The van der Waals surface area contributed by atoms with E-state index in [4.69, 9.17) is 9.47 Å². The van der Waals surface area contributed by atoms with Gasteiger partial charge in [0.15, 0.2) is 6.61 Å². The van der Waals surface area contributed by atoms with Crippen LogP contribution in [0.25, 0.3) is 0 Å². The van der Waals surface area contributed by atoms with Gasteiger partial charge in [-0.2, -0.15) is 0 Å². The molecule has 0 saturated heterocycles. The van der Waals surface area contributed by atoms with Gasteiger partial charge in [-0.3, -0.25) is 9.78 Å². The second-order valence-corrected chi connectivity index (χ2v) is 5.05. The minimum atomic E-state index is -0.0237. The molecule has 1 amide bonds. The van der Waals surface area contributed by atoms with Gasteiger partial charge in [0.2, 0.25) is 0 Å². The second-order valence-electron chi connectivity index (χ2n) is 5.05. The van der Waals surface area contributed by atoms with Crippen LogP contribution in [0.1, 0.15) is 12.5 Å². The summed E-state index contributed by atoms with van der Waals surface area (Å²) in [6.45, 7) is 3.32. The lowest BCUT2D eigenvalue weighted by molar-refractivity contribution is -0.133. The van der Waals surface area contributed by atoms with Crippen molar-refractivity contribution >= 4 is 5.91 Å². The van der Waals surface area contributed by atoms with Crippen molar-refractivity contribution in [1.82, 2.24) is 9.88 Å². The van der Waals surface area contributed by atoms with Crippen LogP contribution in [0, 0.1) is 0 Å². The van der Waals surface area contributed by atoms with Crippen LogP contribution < -0.4 is 9.47 Å². The highest BCUT2D eigenvalue weighted by molar-refractivity contribution is 5.77. The SMILES string of the molecule is CCN(CCc1ccncc1)C(=O)COc1cccc(OC)c1. The average Bonchev–Trinajstić information content (AvgIpc) is 2.61. The van der Waals surface area contributed by atoms with Crippen molar-refractivity contribution in [2.45, 2.75) is 13.3 Å². The van der Waals surface area contributed by atoms with Gasteiger partial charge in [0, 0.05) is 31.5 Å². The Morgan fingerprint density at radius 1 is 1.17 bits per heavy atom. The summed E-state index contributed by atoms with van der Waals surface area (Å²) in [5, 5.41) is 0. The predicted octanol–water partition coefficient (Wildman–Crippen LogP) is 2.56. The van der Waals surface area contributed by atoms with Crippen molar-refractivity contribution in [2.24, 2.45) is 0 Å². The number of carbonyl (C=O) groups is 1. The quantitative estimate of drug-likeness (QED) is 0.751. The molecule has 0 unspecified atom stereocenters. The van der Waals surface area contributed by atoms with E-state index in [0.29, 0.717) is 24.6 Å². The molecule has 0 aliphatic heterocycles. The van der Waals surface area contributed by atoms with Crippen LogP contribution in [0.3, 0.4) is 0 Å². The Morgan fingerprint density at radius 2 is 1.91 bits per heavy atom. The minimum absolute atomic E-state index is 0.0237. The first-order valence-corrected chi connectivity index (χ1v) is 7.66. The summed E-state index contributed by atoms with van der Waals surface area (Å²) in [7, 11) is 1.60. The molecule has 1 aromatic carbocycles. The number of benzene rings is 1. The van der Waals surface area contributed by atoms with Gasteiger partial charge in [0.25, 0.3) is 5.91 Å². The Labute approximate surface area is 136 Å². The molecular weight excluding hydrogens is 292 g/mol. The third-order valence-electron chi connectivity index (χ3n) is 3.56. The van der Waals surface area contributed by atoms with E-state index in [-0.39, 0.29) is 12.5 Å². The first kappa shape index (κ1) is 16.8. The summed E-state index contributed by atoms with van der Waals surface area (Å²) < 4.78 is 10.7. The average molecular weight is 314 g/mol. The van der Waals surface area contributed by atoms with E-state index in [2.05, 4.69) is 4.98 Å². The lowest BCUT2D eigenvalue weighted by Gasteiger charge is -2.21. The Kier molecular flexibility index (Phi) is 6.41. The molecule has 0 N–H and O–H groups in total. The fourth-order valence-corrected chi connectivity index (χ4v) is 2.20. The molecule has 5 heteroatoms. The van der Waals surface area contributed by atoms with E-state index in [9.17, 15) is 4.79 Å². The van der Waals surface area contributed by atoms with Crippen LogP contribution in [-0.2, 0) is 11.2 Å². The van der Waals surface area contributed by atoms with Crippen molar-refractivity contribution in [3.63, 3.8) is 0 Å². The molecule has 1 heterocycles. The lowest BCUT2D eigenvalue weighted by atomic mass is 10.2. The van der Waals surface area contributed by atoms with Crippen LogP contribution in [0.15, 0.2) is 48.8 Å². The third kappa shape index (κ3) is 5.29. The summed E-state index contributed by atoms with van der Waals surface area (Å²) in [4.78, 5) is 18.1. The number of amides is 1. The molecule has 0 bridgehead atoms. The second kappa shape index (κ2) is 8.78. The van der Waals surface area contributed by atoms with E-state index in [1.54, 1.807) is 30.5 Å². The molecule has 1 aromatic heterocycles.